The minimum absolute atomic E-state index is 0.832. The molecule has 1 N–H and O–H groups in total. The molecule has 0 aromatic heterocycles. The average Bonchev–Trinajstić information content (AvgIpc) is 2.63. The first kappa shape index (κ1) is 32.3. The minimum Gasteiger partial charge on any atom is -0.316 e. The fraction of sp³-hybridized carbons (Fsp3) is 0.913. The molecule has 0 aromatic rings. The number of hydrogen-bond acceptors (Lipinski definition) is 2. The maximum atomic E-state index is 3.59. The highest BCUT2D eigenvalue weighted by atomic mass is 15.1. The molecule has 1 atom stereocenters. The maximum Gasteiger partial charge on any atom is 0.00187 e. The molecule has 2 nitrogen and oxygen atoms in total. The number of hydrogen-bond donors (Lipinski definition) is 1. The van der Waals surface area contributed by atoms with Crippen LogP contribution in [0, 0.1) is 5.92 Å². The Morgan fingerprint density at radius 1 is 0.960 bits per heavy atom. The van der Waals surface area contributed by atoms with Crippen LogP contribution in [-0.2, 0) is 0 Å². The molecule has 0 heterocycles. The molecule has 25 heavy (non-hydrogen) atoms. The van der Waals surface area contributed by atoms with Crippen molar-refractivity contribution in [2.45, 2.75) is 101 Å². The van der Waals surface area contributed by atoms with Gasteiger partial charge in [0.15, 0.2) is 0 Å². The van der Waals surface area contributed by atoms with Crippen molar-refractivity contribution in [2.75, 3.05) is 33.2 Å². The van der Waals surface area contributed by atoms with Gasteiger partial charge in [0.05, 0.1) is 0 Å². The van der Waals surface area contributed by atoms with E-state index in [0.29, 0.717) is 0 Å². The van der Waals surface area contributed by atoms with E-state index in [1.54, 1.807) is 0 Å². The molecular formula is C23H54N2. The molecule has 0 saturated carbocycles. The fourth-order valence-electron chi connectivity index (χ4n) is 2.19. The van der Waals surface area contributed by atoms with E-state index < -0.39 is 0 Å². The van der Waals surface area contributed by atoms with Crippen LogP contribution in [0.5, 0.6) is 0 Å². The van der Waals surface area contributed by atoms with Crippen LogP contribution in [0.2, 0.25) is 0 Å². The van der Waals surface area contributed by atoms with E-state index >= 15 is 0 Å². The van der Waals surface area contributed by atoms with Crippen LogP contribution in [0.25, 0.3) is 0 Å². The number of nitrogens with zero attached hydrogens (tertiary/aromatic N) is 1. The molecule has 0 rings (SSSR count). The molecule has 0 aliphatic rings. The van der Waals surface area contributed by atoms with Crippen molar-refractivity contribution in [3.8, 4) is 0 Å². The SMILES string of the molecule is CC.CC.CC=C(C)C.CCCCNCC(CCC)CN(C)CCC. The van der Waals surface area contributed by atoms with E-state index in [0.717, 1.165) is 5.92 Å². The van der Waals surface area contributed by atoms with E-state index in [1.165, 1.54) is 63.9 Å². The Kier molecular flexibility index (Phi) is 40.7. The lowest BCUT2D eigenvalue weighted by Gasteiger charge is -2.23. The van der Waals surface area contributed by atoms with Crippen molar-refractivity contribution in [1.82, 2.24) is 10.2 Å². The van der Waals surface area contributed by atoms with Gasteiger partial charge in [0.1, 0.15) is 0 Å². The van der Waals surface area contributed by atoms with Gasteiger partial charge >= 0.3 is 0 Å². The number of rotatable bonds is 11. The Morgan fingerprint density at radius 3 is 1.84 bits per heavy atom. The van der Waals surface area contributed by atoms with Crippen molar-refractivity contribution < 1.29 is 0 Å². The lowest BCUT2D eigenvalue weighted by molar-refractivity contribution is 0.261. The molecule has 156 valence electrons. The van der Waals surface area contributed by atoms with Gasteiger partial charge < -0.3 is 10.2 Å². The molecule has 0 aliphatic heterocycles. The highest BCUT2D eigenvalue weighted by Gasteiger charge is 2.09. The van der Waals surface area contributed by atoms with Gasteiger partial charge in [0.2, 0.25) is 0 Å². The van der Waals surface area contributed by atoms with Crippen LogP contribution in [0.1, 0.15) is 101 Å². The molecule has 0 aromatic carbocycles. The summed E-state index contributed by atoms with van der Waals surface area (Å²) in [4.78, 5) is 2.47. The van der Waals surface area contributed by atoms with Crippen LogP contribution >= 0.6 is 0 Å². The first-order valence-electron chi connectivity index (χ1n) is 11.0. The van der Waals surface area contributed by atoms with Gasteiger partial charge in [0.25, 0.3) is 0 Å². The van der Waals surface area contributed by atoms with Crippen molar-refractivity contribution in [3.63, 3.8) is 0 Å². The number of nitrogens with one attached hydrogen (secondary N) is 1. The fourth-order valence-corrected chi connectivity index (χ4v) is 2.19. The van der Waals surface area contributed by atoms with Crippen molar-refractivity contribution in [2.24, 2.45) is 5.92 Å². The quantitative estimate of drug-likeness (QED) is 0.311. The molecule has 1 unspecified atom stereocenters. The Hall–Kier alpha value is -0.340. The van der Waals surface area contributed by atoms with Crippen LogP contribution in [0.4, 0.5) is 0 Å². The van der Waals surface area contributed by atoms with Crippen LogP contribution in [0.15, 0.2) is 11.6 Å². The van der Waals surface area contributed by atoms with Crippen LogP contribution < -0.4 is 5.32 Å². The minimum atomic E-state index is 0.832. The summed E-state index contributed by atoms with van der Waals surface area (Å²) in [5, 5.41) is 3.59. The molecule has 0 fully saturated rings. The van der Waals surface area contributed by atoms with E-state index in [2.05, 4.69) is 58.0 Å². The van der Waals surface area contributed by atoms with Gasteiger partial charge in [-0.15, -0.1) is 0 Å². The summed E-state index contributed by atoms with van der Waals surface area (Å²) in [7, 11) is 2.25. The van der Waals surface area contributed by atoms with E-state index in [1.807, 2.05) is 34.6 Å². The molecular weight excluding hydrogens is 304 g/mol. The molecule has 0 bridgehead atoms. The highest BCUT2D eigenvalue weighted by molar-refractivity contribution is 4.88. The Morgan fingerprint density at radius 2 is 1.48 bits per heavy atom. The molecule has 0 radical (unpaired) electrons. The van der Waals surface area contributed by atoms with Crippen molar-refractivity contribution in [1.29, 1.82) is 0 Å². The lowest BCUT2D eigenvalue weighted by atomic mass is 10.0. The number of allylic oxidation sites excluding steroid dienone is 2. The predicted molar refractivity (Wildman–Crippen MR) is 122 cm³/mol. The summed E-state index contributed by atoms with van der Waals surface area (Å²) in [6.07, 6.45) is 8.61. The Balaban J connectivity index is -0.000000205. The largest absolute Gasteiger partial charge is 0.316 e. The lowest BCUT2D eigenvalue weighted by Crippen LogP contribution is -2.33. The normalized spacial score (nSPS) is 10.4. The summed E-state index contributed by atoms with van der Waals surface area (Å²) in [5.41, 5.74) is 1.38. The van der Waals surface area contributed by atoms with Crippen LogP contribution in [-0.4, -0.2) is 38.1 Å². The van der Waals surface area contributed by atoms with Crippen molar-refractivity contribution in [3.05, 3.63) is 11.6 Å². The molecule has 2 heteroatoms. The zero-order chi connectivity index (χ0) is 20.5. The Labute approximate surface area is 162 Å². The van der Waals surface area contributed by atoms with E-state index in [-0.39, 0.29) is 0 Å². The first-order chi connectivity index (χ1) is 12.0. The van der Waals surface area contributed by atoms with Gasteiger partial charge in [-0.25, -0.2) is 0 Å². The molecule has 0 aliphatic carbocycles. The van der Waals surface area contributed by atoms with Gasteiger partial charge in [-0.2, -0.15) is 0 Å². The molecule has 0 amide bonds. The smallest absolute Gasteiger partial charge is 0.00187 e. The van der Waals surface area contributed by atoms with E-state index in [4.69, 9.17) is 0 Å². The summed E-state index contributed by atoms with van der Waals surface area (Å²) >= 11 is 0. The zero-order valence-corrected chi connectivity index (χ0v) is 20.0. The summed E-state index contributed by atoms with van der Waals surface area (Å²) in [5.74, 6) is 0.832. The molecule has 0 saturated heterocycles. The second-order valence-electron chi connectivity index (χ2n) is 6.34. The Bertz CT molecular complexity index is 220. The first-order valence-corrected chi connectivity index (χ1v) is 11.0. The monoisotopic (exact) mass is 358 g/mol. The van der Waals surface area contributed by atoms with Crippen molar-refractivity contribution >= 4 is 0 Å². The number of unbranched alkanes of at least 4 members (excludes halogenated alkanes) is 1. The average molecular weight is 359 g/mol. The summed E-state index contributed by atoms with van der Waals surface area (Å²) in [6, 6.07) is 0. The maximum absolute atomic E-state index is 3.59. The van der Waals surface area contributed by atoms with Gasteiger partial charge in [-0.05, 0) is 72.6 Å². The third-order valence-corrected chi connectivity index (χ3v) is 3.59. The van der Waals surface area contributed by atoms with Crippen LogP contribution in [0.3, 0.4) is 0 Å². The van der Waals surface area contributed by atoms with E-state index in [9.17, 15) is 0 Å². The zero-order valence-electron chi connectivity index (χ0n) is 20.0. The van der Waals surface area contributed by atoms with Gasteiger partial charge in [-0.3, -0.25) is 0 Å². The second kappa shape index (κ2) is 31.4. The second-order valence-corrected chi connectivity index (χ2v) is 6.34. The highest BCUT2D eigenvalue weighted by Crippen LogP contribution is 2.07. The molecule has 0 spiro atoms. The third-order valence-electron chi connectivity index (χ3n) is 3.59. The predicted octanol–water partition coefficient (Wildman–Crippen LogP) is 7.16. The van der Waals surface area contributed by atoms with Gasteiger partial charge in [-0.1, -0.05) is 73.0 Å². The summed E-state index contributed by atoms with van der Waals surface area (Å²) < 4.78 is 0. The standard InChI is InChI=1S/C14H32N2.C5H10.2C2H6/c1-5-8-10-15-12-14(9-6-2)13-16(4)11-7-3;1-4-5(2)3;2*1-2/h14-15H,5-13H2,1-4H3;4H,1-3H3;2*1-2H3. The topological polar surface area (TPSA) is 15.3 Å². The summed E-state index contributed by atoms with van der Waals surface area (Å²) in [6.45, 7) is 25.9. The van der Waals surface area contributed by atoms with Gasteiger partial charge in [0, 0.05) is 6.54 Å². The third kappa shape index (κ3) is 35.6.